The molecule has 6 nitrogen and oxygen atoms in total. The number of hydrogen-bond donors (Lipinski definition) is 0. The van der Waals surface area contributed by atoms with Crippen LogP contribution >= 0.6 is 11.3 Å². The summed E-state index contributed by atoms with van der Waals surface area (Å²) in [5, 5.41) is 1.06. The van der Waals surface area contributed by atoms with Crippen LogP contribution in [0.1, 0.15) is 43.7 Å². The minimum Gasteiger partial charge on any atom is -0.369 e. The molecule has 1 saturated carbocycles. The molecule has 5 rings (SSSR count). The molecule has 0 radical (unpaired) electrons. The fourth-order valence-corrected chi connectivity index (χ4v) is 7.64. The van der Waals surface area contributed by atoms with Gasteiger partial charge >= 0.3 is 0 Å². The Hall–Kier alpha value is -2.03. The molecule has 33 heavy (non-hydrogen) atoms. The molecule has 0 N–H and O–H groups in total. The van der Waals surface area contributed by atoms with Gasteiger partial charge in [-0.3, -0.25) is 0 Å². The lowest BCUT2D eigenvalue weighted by Crippen LogP contribution is -2.49. The smallest absolute Gasteiger partial charge is 0.217 e. The summed E-state index contributed by atoms with van der Waals surface area (Å²) in [4.78, 5) is 8.67. The molecule has 0 aromatic heterocycles. The van der Waals surface area contributed by atoms with Gasteiger partial charge in [-0.25, -0.2) is 18.0 Å². The zero-order chi connectivity index (χ0) is 23.5. The Bertz CT molecular complexity index is 1360. The van der Waals surface area contributed by atoms with Crippen LogP contribution in [0.5, 0.6) is 0 Å². The van der Waals surface area contributed by atoms with Gasteiger partial charge in [0.05, 0.1) is 26.0 Å². The number of hydrogen-bond acceptors (Lipinski definition) is 5. The van der Waals surface area contributed by atoms with E-state index < -0.39 is 10.0 Å². The zero-order valence-corrected chi connectivity index (χ0v) is 21.8. The average Bonchev–Trinajstić information content (AvgIpc) is 3.63. The highest BCUT2D eigenvalue weighted by Gasteiger charge is 2.41. The van der Waals surface area contributed by atoms with Crippen molar-refractivity contribution in [2.24, 2.45) is 0 Å². The second-order valence-corrected chi connectivity index (χ2v) is 13.2. The first-order chi connectivity index (χ1) is 15.6. The SMILES string of the molecule is Cc1cc(=[N+](C)C)cc2sc3cc(N4CCN(S(=O)(=O)C5CC5)CC4)cc(C(C)C)c3nc1-2. The molecule has 2 fully saturated rings. The number of aromatic nitrogens is 1. The summed E-state index contributed by atoms with van der Waals surface area (Å²) >= 11 is 1.80. The Morgan fingerprint density at radius 1 is 1.06 bits per heavy atom. The minimum atomic E-state index is -3.10. The summed E-state index contributed by atoms with van der Waals surface area (Å²) < 4.78 is 30.3. The van der Waals surface area contributed by atoms with Crippen LogP contribution in [-0.4, -0.2) is 63.2 Å². The van der Waals surface area contributed by atoms with E-state index in [1.165, 1.54) is 31.7 Å². The summed E-state index contributed by atoms with van der Waals surface area (Å²) in [5.74, 6) is 0.350. The molecular formula is C25H33N4O2S2+. The molecule has 1 aromatic rings. The molecule has 2 aliphatic heterocycles. The van der Waals surface area contributed by atoms with Crippen LogP contribution in [0.4, 0.5) is 5.69 Å². The fraction of sp³-hybridized carbons (Fsp3) is 0.520. The molecule has 8 heteroatoms. The van der Waals surface area contributed by atoms with E-state index in [1.807, 2.05) is 0 Å². The van der Waals surface area contributed by atoms with Gasteiger partial charge in [-0.05, 0) is 48.9 Å². The molecule has 0 unspecified atom stereocenters. The molecule has 0 bridgehead atoms. The lowest BCUT2D eigenvalue weighted by Gasteiger charge is -2.36. The maximum atomic E-state index is 12.6. The molecule has 0 spiro atoms. The topological polar surface area (TPSA) is 56.5 Å². The van der Waals surface area contributed by atoms with Crippen LogP contribution in [0, 0.1) is 6.92 Å². The summed E-state index contributed by atoms with van der Waals surface area (Å²) in [7, 11) is 1.04. The lowest BCUT2D eigenvalue weighted by atomic mass is 10.0. The molecule has 2 aliphatic carbocycles. The molecule has 4 aliphatic rings. The first-order valence-electron chi connectivity index (χ1n) is 11.8. The van der Waals surface area contributed by atoms with Gasteiger partial charge in [0.1, 0.15) is 14.1 Å². The second-order valence-electron chi connectivity index (χ2n) is 9.88. The van der Waals surface area contributed by atoms with Gasteiger partial charge < -0.3 is 4.90 Å². The number of nitrogens with zero attached hydrogens (tertiary/aromatic N) is 4. The van der Waals surface area contributed by atoms with Crippen molar-refractivity contribution in [3.8, 4) is 10.6 Å². The molecule has 1 aromatic carbocycles. The van der Waals surface area contributed by atoms with E-state index in [0.29, 0.717) is 19.0 Å². The molecular weight excluding hydrogens is 452 g/mol. The Morgan fingerprint density at radius 3 is 2.36 bits per heavy atom. The van der Waals surface area contributed by atoms with Gasteiger partial charge in [-0.15, -0.1) is 11.3 Å². The third-order valence-electron chi connectivity index (χ3n) is 6.83. The van der Waals surface area contributed by atoms with E-state index in [2.05, 4.69) is 68.6 Å². The van der Waals surface area contributed by atoms with Gasteiger partial charge in [-0.2, -0.15) is 4.31 Å². The predicted octanol–water partition coefficient (Wildman–Crippen LogP) is 3.48. The Balaban J connectivity index is 1.56. The number of rotatable bonds is 4. The number of fused-ring (bicyclic) bond motifs is 2. The van der Waals surface area contributed by atoms with E-state index in [-0.39, 0.29) is 5.25 Å². The van der Waals surface area contributed by atoms with Crippen molar-refractivity contribution >= 4 is 37.3 Å². The lowest BCUT2D eigenvalue weighted by molar-refractivity contribution is 0.384. The molecule has 2 heterocycles. The first-order valence-corrected chi connectivity index (χ1v) is 14.1. The average molecular weight is 486 g/mol. The van der Waals surface area contributed by atoms with Crippen molar-refractivity contribution in [2.75, 3.05) is 45.2 Å². The van der Waals surface area contributed by atoms with Crippen molar-refractivity contribution in [3.05, 3.63) is 40.7 Å². The first kappa shape index (κ1) is 22.7. The van der Waals surface area contributed by atoms with Gasteiger partial charge in [0.15, 0.2) is 0 Å². The van der Waals surface area contributed by atoms with Crippen LogP contribution in [0.15, 0.2) is 24.3 Å². The number of piperazine rings is 1. The number of anilines is 1. The maximum absolute atomic E-state index is 12.6. The maximum Gasteiger partial charge on any atom is 0.217 e. The van der Waals surface area contributed by atoms with Gasteiger partial charge in [-0.1, -0.05) is 13.8 Å². The van der Waals surface area contributed by atoms with Crippen molar-refractivity contribution in [1.82, 2.24) is 13.9 Å². The standard InChI is InChI=1S/C25H33N4O2S2/c1-16(2)21-13-19(28-8-10-29(11-9-28)33(30,31)20-6-7-20)15-23-25(21)26-24-17(3)12-18(27(4)5)14-22(24)32-23/h12-16,20H,6-11H2,1-5H3/q+1. The predicted molar refractivity (Wildman–Crippen MR) is 138 cm³/mol. The number of sulfonamides is 1. The number of aryl methyl sites for hydroxylation is 1. The monoisotopic (exact) mass is 485 g/mol. The van der Waals surface area contributed by atoms with Crippen molar-refractivity contribution in [2.45, 2.75) is 44.8 Å². The van der Waals surface area contributed by atoms with E-state index in [1.54, 1.807) is 15.6 Å². The highest BCUT2D eigenvalue weighted by Crippen LogP contribution is 2.38. The number of benzene rings is 2. The fourth-order valence-electron chi connectivity index (χ4n) is 4.65. The largest absolute Gasteiger partial charge is 0.369 e. The second kappa shape index (κ2) is 8.32. The van der Waals surface area contributed by atoms with Gasteiger partial charge in [0.25, 0.3) is 0 Å². The highest BCUT2D eigenvalue weighted by molar-refractivity contribution is 7.90. The molecule has 1 saturated heterocycles. The molecule has 0 atom stereocenters. The summed E-state index contributed by atoms with van der Waals surface area (Å²) in [5.41, 5.74) is 5.78. The summed E-state index contributed by atoms with van der Waals surface area (Å²) in [6, 6.07) is 8.95. The minimum absolute atomic E-state index is 0.131. The quantitative estimate of drug-likeness (QED) is 0.419. The van der Waals surface area contributed by atoms with E-state index in [0.717, 1.165) is 37.1 Å². The van der Waals surface area contributed by atoms with Crippen LogP contribution < -0.4 is 14.8 Å². The highest BCUT2D eigenvalue weighted by atomic mass is 32.2. The van der Waals surface area contributed by atoms with E-state index in [9.17, 15) is 8.42 Å². The zero-order valence-electron chi connectivity index (χ0n) is 20.1. The van der Waals surface area contributed by atoms with Crippen molar-refractivity contribution < 1.29 is 8.42 Å². The van der Waals surface area contributed by atoms with Crippen LogP contribution in [0.2, 0.25) is 0 Å². The third kappa shape index (κ3) is 4.17. The Labute approximate surface area is 200 Å². The van der Waals surface area contributed by atoms with E-state index >= 15 is 0 Å². The normalized spacial score (nSPS) is 17.9. The van der Waals surface area contributed by atoms with Gasteiger partial charge in [0, 0.05) is 44.0 Å². The Morgan fingerprint density at radius 2 is 1.76 bits per heavy atom. The van der Waals surface area contributed by atoms with Crippen molar-refractivity contribution in [1.29, 1.82) is 0 Å². The molecule has 176 valence electrons. The summed E-state index contributed by atoms with van der Waals surface area (Å²) in [6.07, 6.45) is 1.64. The summed E-state index contributed by atoms with van der Waals surface area (Å²) in [6.45, 7) is 9.17. The van der Waals surface area contributed by atoms with Crippen LogP contribution in [0.3, 0.4) is 0 Å². The van der Waals surface area contributed by atoms with Crippen LogP contribution in [0.25, 0.3) is 20.8 Å². The third-order valence-corrected chi connectivity index (χ3v) is 10.3. The Kier molecular flexibility index (Phi) is 5.74. The van der Waals surface area contributed by atoms with Crippen molar-refractivity contribution in [3.63, 3.8) is 0 Å². The van der Waals surface area contributed by atoms with Gasteiger partial charge in [0.2, 0.25) is 15.4 Å². The van der Waals surface area contributed by atoms with E-state index in [4.69, 9.17) is 4.98 Å². The van der Waals surface area contributed by atoms with Crippen LogP contribution in [-0.2, 0) is 10.0 Å². The molecule has 0 amide bonds.